The number of rotatable bonds is 1. The number of sulfone groups is 1. The van der Waals surface area contributed by atoms with E-state index in [0.717, 1.165) is 0 Å². The molecule has 1 saturated heterocycles. The number of nitrogens with zero attached hydrogens (tertiary/aromatic N) is 2. The maximum absolute atomic E-state index is 12.2. The zero-order valence-electron chi connectivity index (χ0n) is 12.1. The summed E-state index contributed by atoms with van der Waals surface area (Å²) < 4.78 is 27.9. The molecular weight excluding hydrogens is 282 g/mol. The lowest BCUT2D eigenvalue weighted by Gasteiger charge is -2.37. The highest BCUT2D eigenvalue weighted by Crippen LogP contribution is 2.25. The first-order valence-corrected chi connectivity index (χ1v) is 8.00. The van der Waals surface area contributed by atoms with E-state index in [0.29, 0.717) is 17.1 Å². The summed E-state index contributed by atoms with van der Waals surface area (Å²) in [6.45, 7) is 7.08. The molecule has 0 aromatic carbocycles. The van der Waals surface area contributed by atoms with E-state index in [-0.39, 0.29) is 24.9 Å². The zero-order valence-corrected chi connectivity index (χ0v) is 12.9. The van der Waals surface area contributed by atoms with E-state index < -0.39 is 14.6 Å². The van der Waals surface area contributed by atoms with E-state index in [4.69, 9.17) is 4.52 Å². The summed E-state index contributed by atoms with van der Waals surface area (Å²) in [5.74, 6) is 0.509. The van der Waals surface area contributed by atoms with Crippen LogP contribution in [0.5, 0.6) is 0 Å². The number of aromatic nitrogens is 1. The second kappa shape index (κ2) is 4.76. The molecular formula is C12H19N3O4S. The van der Waals surface area contributed by atoms with Crippen LogP contribution in [0.3, 0.4) is 0 Å². The molecule has 1 aliphatic heterocycles. The fourth-order valence-corrected chi connectivity index (χ4v) is 3.53. The van der Waals surface area contributed by atoms with Crippen LogP contribution in [0.15, 0.2) is 4.52 Å². The van der Waals surface area contributed by atoms with Crippen LogP contribution >= 0.6 is 0 Å². The number of hydrogen-bond donors (Lipinski definition) is 1. The molecule has 0 aliphatic carbocycles. The molecule has 1 N–H and O–H groups in total. The number of carbonyl (C=O) groups is 1. The lowest BCUT2D eigenvalue weighted by atomic mass is 10.2. The molecule has 1 aromatic rings. The summed E-state index contributed by atoms with van der Waals surface area (Å²) in [4.78, 5) is 13.7. The van der Waals surface area contributed by atoms with Gasteiger partial charge in [0.2, 0.25) is 0 Å². The largest absolute Gasteiger partial charge is 0.359 e. The van der Waals surface area contributed by atoms with Gasteiger partial charge in [-0.15, -0.1) is 0 Å². The number of carbonyl (C=O) groups excluding carboxylic acids is 1. The predicted octanol–water partition coefficient (Wildman–Crippen LogP) is 1.33. The minimum Gasteiger partial charge on any atom is -0.359 e. The Morgan fingerprint density at radius 3 is 2.55 bits per heavy atom. The van der Waals surface area contributed by atoms with Crippen molar-refractivity contribution in [2.24, 2.45) is 0 Å². The van der Waals surface area contributed by atoms with Crippen LogP contribution in [0, 0.1) is 13.8 Å². The molecule has 0 spiro atoms. The standard InChI is InChI=1S/C12H19N3O4S/c1-8-10(9(2)19-14-8)13-11(16)15-5-6-20(17,18)12(3,4)7-15/h5-7H2,1-4H3,(H,13,16). The Balaban J connectivity index is 2.12. The molecule has 0 unspecified atom stereocenters. The molecule has 112 valence electrons. The van der Waals surface area contributed by atoms with Crippen molar-refractivity contribution in [1.29, 1.82) is 0 Å². The number of hydrogen-bond acceptors (Lipinski definition) is 5. The van der Waals surface area contributed by atoms with Crippen molar-refractivity contribution in [2.45, 2.75) is 32.4 Å². The normalized spacial score (nSPS) is 20.7. The van der Waals surface area contributed by atoms with Gasteiger partial charge >= 0.3 is 6.03 Å². The van der Waals surface area contributed by atoms with E-state index >= 15 is 0 Å². The SMILES string of the molecule is Cc1noc(C)c1NC(=O)N1CCS(=O)(=O)C(C)(C)C1. The van der Waals surface area contributed by atoms with Crippen molar-refractivity contribution in [3.63, 3.8) is 0 Å². The Morgan fingerprint density at radius 1 is 1.40 bits per heavy atom. The molecule has 2 heterocycles. The molecule has 2 amide bonds. The molecule has 1 fully saturated rings. The molecule has 1 aliphatic rings. The summed E-state index contributed by atoms with van der Waals surface area (Å²) in [7, 11) is -3.16. The zero-order chi connectivity index (χ0) is 15.1. The molecule has 8 heteroatoms. The summed E-state index contributed by atoms with van der Waals surface area (Å²) in [6, 6.07) is -0.331. The van der Waals surface area contributed by atoms with Crippen LogP contribution in [0.25, 0.3) is 0 Å². The van der Waals surface area contributed by atoms with Gasteiger partial charge < -0.3 is 14.7 Å². The lowest BCUT2D eigenvalue weighted by Crippen LogP contribution is -2.55. The van der Waals surface area contributed by atoms with Crippen molar-refractivity contribution in [1.82, 2.24) is 10.1 Å². The first kappa shape index (κ1) is 14.8. The van der Waals surface area contributed by atoms with Crippen LogP contribution in [-0.2, 0) is 9.84 Å². The first-order chi connectivity index (χ1) is 9.14. The van der Waals surface area contributed by atoms with Crippen LogP contribution in [0.4, 0.5) is 10.5 Å². The fourth-order valence-electron chi connectivity index (χ4n) is 2.16. The first-order valence-electron chi connectivity index (χ1n) is 6.35. The average Bonchev–Trinajstić information content (AvgIpc) is 2.64. The highest BCUT2D eigenvalue weighted by molar-refractivity contribution is 7.92. The smallest absolute Gasteiger partial charge is 0.322 e. The van der Waals surface area contributed by atoms with Gasteiger partial charge in [-0.05, 0) is 27.7 Å². The number of amides is 2. The summed E-state index contributed by atoms with van der Waals surface area (Å²) in [5.41, 5.74) is 1.14. The Bertz CT molecular complexity index is 614. The van der Waals surface area contributed by atoms with Gasteiger partial charge in [-0.1, -0.05) is 5.16 Å². The monoisotopic (exact) mass is 301 g/mol. The number of nitrogens with one attached hydrogen (secondary N) is 1. The van der Waals surface area contributed by atoms with Gasteiger partial charge in [0.15, 0.2) is 15.6 Å². The van der Waals surface area contributed by atoms with Crippen molar-refractivity contribution < 1.29 is 17.7 Å². The molecule has 0 radical (unpaired) electrons. The van der Waals surface area contributed by atoms with Gasteiger partial charge in [0.1, 0.15) is 11.4 Å². The second-order valence-corrected chi connectivity index (χ2v) is 8.37. The van der Waals surface area contributed by atoms with E-state index in [1.807, 2.05) is 0 Å². The molecule has 0 bridgehead atoms. The number of anilines is 1. The highest BCUT2D eigenvalue weighted by Gasteiger charge is 2.41. The van der Waals surface area contributed by atoms with Crippen LogP contribution < -0.4 is 5.32 Å². The van der Waals surface area contributed by atoms with Crippen LogP contribution in [-0.4, -0.2) is 48.1 Å². The fraction of sp³-hybridized carbons (Fsp3) is 0.667. The van der Waals surface area contributed by atoms with Crippen molar-refractivity contribution in [3.8, 4) is 0 Å². The van der Waals surface area contributed by atoms with Gasteiger partial charge in [0, 0.05) is 13.1 Å². The molecule has 2 rings (SSSR count). The van der Waals surface area contributed by atoms with E-state index in [2.05, 4.69) is 10.5 Å². The molecule has 1 aromatic heterocycles. The van der Waals surface area contributed by atoms with Gasteiger partial charge in [0.25, 0.3) is 0 Å². The van der Waals surface area contributed by atoms with Gasteiger partial charge in [-0.2, -0.15) is 0 Å². The van der Waals surface area contributed by atoms with E-state index in [1.54, 1.807) is 27.7 Å². The topological polar surface area (TPSA) is 92.5 Å². The third-order valence-corrected chi connectivity index (χ3v) is 6.13. The predicted molar refractivity (Wildman–Crippen MR) is 74.4 cm³/mol. The molecule has 0 saturated carbocycles. The molecule has 0 atom stereocenters. The second-order valence-electron chi connectivity index (χ2n) is 5.63. The van der Waals surface area contributed by atoms with E-state index in [9.17, 15) is 13.2 Å². The number of aryl methyl sites for hydroxylation is 2. The maximum Gasteiger partial charge on any atom is 0.322 e. The van der Waals surface area contributed by atoms with Crippen LogP contribution in [0.1, 0.15) is 25.3 Å². The van der Waals surface area contributed by atoms with Gasteiger partial charge in [0.05, 0.1) is 10.5 Å². The number of urea groups is 1. The average molecular weight is 301 g/mol. The molecule has 20 heavy (non-hydrogen) atoms. The Kier molecular flexibility index (Phi) is 3.53. The minimum absolute atomic E-state index is 0.0188. The minimum atomic E-state index is -3.16. The van der Waals surface area contributed by atoms with Crippen molar-refractivity contribution in [2.75, 3.05) is 24.2 Å². The third kappa shape index (κ3) is 2.52. The van der Waals surface area contributed by atoms with Crippen molar-refractivity contribution in [3.05, 3.63) is 11.5 Å². The highest BCUT2D eigenvalue weighted by atomic mass is 32.2. The van der Waals surface area contributed by atoms with E-state index in [1.165, 1.54) is 4.90 Å². The van der Waals surface area contributed by atoms with Gasteiger partial charge in [-0.3, -0.25) is 0 Å². The third-order valence-electron chi connectivity index (χ3n) is 3.60. The van der Waals surface area contributed by atoms with Crippen molar-refractivity contribution >= 4 is 21.6 Å². The Hall–Kier alpha value is -1.57. The maximum atomic E-state index is 12.2. The summed E-state index contributed by atoms with van der Waals surface area (Å²) >= 11 is 0. The molecule has 7 nitrogen and oxygen atoms in total. The van der Waals surface area contributed by atoms with Crippen LogP contribution in [0.2, 0.25) is 0 Å². The lowest BCUT2D eigenvalue weighted by molar-refractivity contribution is 0.206. The van der Waals surface area contributed by atoms with Gasteiger partial charge in [-0.25, -0.2) is 13.2 Å². The quantitative estimate of drug-likeness (QED) is 0.844. The Labute approximate surface area is 118 Å². The summed E-state index contributed by atoms with van der Waals surface area (Å²) in [6.07, 6.45) is 0. The Morgan fingerprint density at radius 2 is 2.05 bits per heavy atom. The summed E-state index contributed by atoms with van der Waals surface area (Å²) in [5, 5.41) is 6.49.